The Morgan fingerprint density at radius 2 is 0.877 bits per heavy atom. The Kier molecular flexibility index (Phi) is 7.71. The fraction of sp³-hybridized carbons (Fsp3) is 0. The average Bonchev–Trinajstić information content (AvgIpc) is 3.86. The van der Waals surface area contributed by atoms with Crippen LogP contribution < -0.4 is 4.90 Å². The number of nitrogens with zero attached hydrogens (tertiary/aromatic N) is 4. The van der Waals surface area contributed by atoms with Crippen molar-refractivity contribution in [1.82, 2.24) is 15.0 Å². The van der Waals surface area contributed by atoms with Gasteiger partial charge in [-0.15, -0.1) is 0 Å². The van der Waals surface area contributed by atoms with E-state index in [9.17, 15) is 0 Å². The largest absolute Gasteiger partial charge is 0.456 e. The molecule has 3 heterocycles. The van der Waals surface area contributed by atoms with Gasteiger partial charge in [0.05, 0.1) is 5.69 Å². The molecule has 0 atom stereocenters. The number of hydrogen-bond acceptors (Lipinski definition) is 6. The van der Waals surface area contributed by atoms with Crippen LogP contribution in [0.3, 0.4) is 0 Å². The van der Waals surface area contributed by atoms with E-state index in [1.807, 2.05) is 97.1 Å². The van der Waals surface area contributed by atoms with Gasteiger partial charge in [-0.2, -0.15) is 0 Å². The molecule has 0 radical (unpaired) electrons. The molecule has 3 aromatic heterocycles. The van der Waals surface area contributed by atoms with Gasteiger partial charge in [0.15, 0.2) is 17.5 Å². The molecule has 0 saturated carbocycles. The highest BCUT2D eigenvalue weighted by Gasteiger charge is 2.23. The Bertz CT molecular complexity index is 3170. The second-order valence-corrected chi connectivity index (χ2v) is 14.0. The summed E-state index contributed by atoms with van der Waals surface area (Å²) >= 11 is 0. The molecule has 11 aromatic rings. The van der Waals surface area contributed by atoms with Gasteiger partial charge in [0.1, 0.15) is 22.3 Å². The zero-order valence-electron chi connectivity index (χ0n) is 30.6. The predicted octanol–water partition coefficient (Wildman–Crippen LogP) is 13.8. The monoisotopic (exact) mass is 732 g/mol. The molecule has 8 aromatic carbocycles. The minimum Gasteiger partial charge on any atom is -0.456 e. The molecule has 0 aliphatic heterocycles. The summed E-state index contributed by atoms with van der Waals surface area (Å²) in [5.41, 5.74) is 11.0. The van der Waals surface area contributed by atoms with Crippen LogP contribution in [0.15, 0.2) is 203 Å². The maximum absolute atomic E-state index is 6.64. The van der Waals surface area contributed by atoms with E-state index < -0.39 is 0 Å². The van der Waals surface area contributed by atoms with Gasteiger partial charge < -0.3 is 13.7 Å². The van der Waals surface area contributed by atoms with E-state index in [-0.39, 0.29) is 0 Å². The van der Waals surface area contributed by atoms with E-state index in [1.54, 1.807) is 0 Å². The molecular formula is C51H32N4O2. The van der Waals surface area contributed by atoms with E-state index in [4.69, 9.17) is 23.8 Å². The zero-order chi connectivity index (χ0) is 37.7. The van der Waals surface area contributed by atoms with Crippen molar-refractivity contribution in [3.05, 3.63) is 194 Å². The number of rotatable bonds is 7. The predicted molar refractivity (Wildman–Crippen MR) is 231 cm³/mol. The molecule has 6 nitrogen and oxygen atoms in total. The topological polar surface area (TPSA) is 68.2 Å². The highest BCUT2D eigenvalue weighted by atomic mass is 16.3. The van der Waals surface area contributed by atoms with Crippen LogP contribution in [0.25, 0.3) is 89.2 Å². The molecule has 0 aliphatic rings. The number of fused-ring (bicyclic) bond motifs is 6. The van der Waals surface area contributed by atoms with Gasteiger partial charge in [0, 0.05) is 61.2 Å². The lowest BCUT2D eigenvalue weighted by atomic mass is 10.0. The number of hydrogen-bond donors (Lipinski definition) is 0. The van der Waals surface area contributed by atoms with Crippen LogP contribution in [0.1, 0.15) is 0 Å². The number of aromatic nitrogens is 3. The molecule has 0 spiro atoms. The van der Waals surface area contributed by atoms with Crippen molar-refractivity contribution >= 4 is 60.9 Å². The van der Waals surface area contributed by atoms with Crippen molar-refractivity contribution in [3.8, 4) is 45.3 Å². The first-order valence-corrected chi connectivity index (χ1v) is 18.9. The summed E-state index contributed by atoms with van der Waals surface area (Å²) in [5.74, 6) is 1.75. The second-order valence-electron chi connectivity index (χ2n) is 14.0. The number of anilines is 3. The van der Waals surface area contributed by atoms with Crippen LogP contribution in [0.5, 0.6) is 0 Å². The minimum atomic E-state index is 0.559. The third kappa shape index (κ3) is 5.70. The van der Waals surface area contributed by atoms with E-state index in [1.165, 1.54) is 0 Å². The van der Waals surface area contributed by atoms with E-state index in [0.717, 1.165) is 88.8 Å². The van der Waals surface area contributed by atoms with Gasteiger partial charge in [0.2, 0.25) is 0 Å². The van der Waals surface area contributed by atoms with Crippen LogP contribution in [-0.4, -0.2) is 15.0 Å². The quantitative estimate of drug-likeness (QED) is 0.162. The van der Waals surface area contributed by atoms with Gasteiger partial charge in [-0.05, 0) is 48.0 Å². The van der Waals surface area contributed by atoms with E-state index in [0.29, 0.717) is 17.5 Å². The van der Waals surface area contributed by atoms with Gasteiger partial charge in [0.25, 0.3) is 0 Å². The lowest BCUT2D eigenvalue weighted by Crippen LogP contribution is -2.10. The number of benzene rings is 8. The second kappa shape index (κ2) is 13.5. The Hall–Kier alpha value is -7.83. The Morgan fingerprint density at radius 1 is 0.333 bits per heavy atom. The van der Waals surface area contributed by atoms with Crippen molar-refractivity contribution in [3.63, 3.8) is 0 Å². The molecule has 0 aliphatic carbocycles. The number of furan rings is 2. The third-order valence-electron chi connectivity index (χ3n) is 10.5. The molecule has 11 rings (SSSR count). The normalized spacial score (nSPS) is 11.5. The Balaban J connectivity index is 1.12. The highest BCUT2D eigenvalue weighted by molar-refractivity contribution is 6.13. The van der Waals surface area contributed by atoms with Crippen molar-refractivity contribution < 1.29 is 8.83 Å². The Morgan fingerprint density at radius 3 is 1.56 bits per heavy atom. The van der Waals surface area contributed by atoms with Gasteiger partial charge >= 0.3 is 0 Å². The first kappa shape index (κ1) is 32.6. The lowest BCUT2D eigenvalue weighted by Gasteiger charge is -2.26. The maximum atomic E-state index is 6.64. The van der Waals surface area contributed by atoms with Crippen LogP contribution in [-0.2, 0) is 0 Å². The molecule has 6 heteroatoms. The maximum Gasteiger partial charge on any atom is 0.164 e. The highest BCUT2D eigenvalue weighted by Crippen LogP contribution is 2.44. The average molecular weight is 733 g/mol. The van der Waals surface area contributed by atoms with Crippen molar-refractivity contribution in [1.29, 1.82) is 0 Å². The van der Waals surface area contributed by atoms with Gasteiger partial charge in [-0.25, -0.2) is 15.0 Å². The first-order chi connectivity index (χ1) is 28.2. The summed E-state index contributed by atoms with van der Waals surface area (Å²) < 4.78 is 13.1. The number of para-hydroxylation sites is 4. The molecule has 0 N–H and O–H groups in total. The van der Waals surface area contributed by atoms with Crippen molar-refractivity contribution in [2.45, 2.75) is 0 Å². The van der Waals surface area contributed by atoms with E-state index in [2.05, 4.69) is 102 Å². The summed E-state index contributed by atoms with van der Waals surface area (Å²) in [7, 11) is 0. The molecule has 0 amide bonds. The van der Waals surface area contributed by atoms with Gasteiger partial charge in [-0.3, -0.25) is 0 Å². The Labute approximate surface area is 328 Å². The first-order valence-electron chi connectivity index (χ1n) is 18.9. The standard InChI is InChI=1S/C51H32N4O2/c1-4-15-34(16-5-1)49-52-50(35-17-6-2-7-18-35)54-51(53-49)43-31-38(32-46-47(43)42-22-11-13-26-45(42)56-46)55(36-19-8-3-9-20-36)37-29-27-33(28-30-37)39-23-14-24-41-40-21-10-12-25-44(40)57-48(39)41/h1-32H. The van der Waals surface area contributed by atoms with Gasteiger partial charge in [-0.1, -0.05) is 146 Å². The molecule has 57 heavy (non-hydrogen) atoms. The molecule has 0 saturated heterocycles. The molecule has 0 bridgehead atoms. The zero-order valence-corrected chi connectivity index (χ0v) is 30.6. The third-order valence-corrected chi connectivity index (χ3v) is 10.5. The smallest absolute Gasteiger partial charge is 0.164 e. The van der Waals surface area contributed by atoms with Crippen LogP contribution >= 0.6 is 0 Å². The fourth-order valence-corrected chi connectivity index (χ4v) is 7.86. The van der Waals surface area contributed by atoms with Crippen molar-refractivity contribution in [2.75, 3.05) is 4.90 Å². The molecule has 268 valence electrons. The van der Waals surface area contributed by atoms with Crippen LogP contribution in [0, 0.1) is 0 Å². The minimum absolute atomic E-state index is 0.559. The molecule has 0 unspecified atom stereocenters. The van der Waals surface area contributed by atoms with Crippen LogP contribution in [0.4, 0.5) is 17.1 Å². The summed E-state index contributed by atoms with van der Waals surface area (Å²) in [5, 5.41) is 4.16. The van der Waals surface area contributed by atoms with Crippen LogP contribution in [0.2, 0.25) is 0 Å². The summed E-state index contributed by atoms with van der Waals surface area (Å²) in [4.78, 5) is 17.6. The van der Waals surface area contributed by atoms with Crippen molar-refractivity contribution in [2.24, 2.45) is 0 Å². The summed E-state index contributed by atoms with van der Waals surface area (Å²) in [6.45, 7) is 0. The lowest BCUT2D eigenvalue weighted by molar-refractivity contribution is 0.669. The molecule has 0 fully saturated rings. The summed E-state index contributed by atoms with van der Waals surface area (Å²) in [6.07, 6.45) is 0. The SMILES string of the molecule is c1ccc(-c2nc(-c3ccccc3)nc(-c3cc(N(c4ccccc4)c4ccc(-c5cccc6c5oc5ccccc56)cc4)cc4oc5ccccc5c34)n2)cc1. The summed E-state index contributed by atoms with van der Waals surface area (Å²) in [6, 6.07) is 66.2. The van der Waals surface area contributed by atoms with E-state index >= 15 is 0 Å². The molecular weight excluding hydrogens is 701 g/mol. The fourth-order valence-electron chi connectivity index (χ4n) is 7.86.